The average Bonchev–Trinajstić information content (AvgIpc) is 2.30. The van der Waals surface area contributed by atoms with Gasteiger partial charge in [-0.05, 0) is 0 Å². The van der Waals surface area contributed by atoms with E-state index in [0.29, 0.717) is 0 Å². The van der Waals surface area contributed by atoms with E-state index in [-0.39, 0.29) is 6.29 Å². The van der Waals surface area contributed by atoms with Gasteiger partial charge < -0.3 is 39.9 Å². The fraction of sp³-hybridized carbons (Fsp3) is 0.667. The van der Waals surface area contributed by atoms with Crippen molar-refractivity contribution in [2.75, 3.05) is 0 Å². The molecule has 0 saturated heterocycles. The third kappa shape index (κ3) is 7.20. The van der Waals surface area contributed by atoms with Gasteiger partial charge in [0.2, 0.25) is 0 Å². The minimum Gasteiger partial charge on any atom is -0.479 e. The van der Waals surface area contributed by atoms with Crippen LogP contribution in [0.1, 0.15) is 0 Å². The van der Waals surface area contributed by atoms with Crippen molar-refractivity contribution < 1.29 is 62.7 Å². The van der Waals surface area contributed by atoms with Crippen LogP contribution in [0.2, 0.25) is 0 Å². The van der Waals surface area contributed by atoms with Crippen molar-refractivity contribution in [3.8, 4) is 0 Å². The molecule has 13 nitrogen and oxygen atoms in total. The lowest BCUT2D eigenvalue weighted by Gasteiger charge is -2.25. The number of aliphatic hydroxyl groups is 3. The minimum absolute atomic E-state index is 0.381. The van der Waals surface area contributed by atoms with Crippen molar-refractivity contribution in [2.45, 2.75) is 24.4 Å². The highest BCUT2D eigenvalue weighted by molar-refractivity contribution is 7.60. The van der Waals surface area contributed by atoms with E-state index >= 15 is 0 Å². The number of hydrogen-bond acceptors (Lipinski definition) is 9. The zero-order valence-corrected chi connectivity index (χ0v) is 11.7. The lowest BCUT2D eigenvalue weighted by atomic mass is 10.0. The molecule has 7 N–H and O–H groups in total. The lowest BCUT2D eigenvalue weighted by Crippen LogP contribution is -2.48. The molecule has 0 rings (SSSR count). The first-order valence-corrected chi connectivity index (χ1v) is 7.83. The first kappa shape index (κ1) is 20.3. The molecular weight excluding hydrogens is 342 g/mol. The number of phosphoric acid groups is 2. The minimum atomic E-state index is -5.53. The van der Waals surface area contributed by atoms with E-state index in [0.717, 1.165) is 0 Å². The number of aldehydes is 1. The first-order chi connectivity index (χ1) is 9.30. The molecule has 0 radical (unpaired) electrons. The van der Waals surface area contributed by atoms with Gasteiger partial charge in [-0.15, -0.1) is 0 Å². The van der Waals surface area contributed by atoms with Crippen LogP contribution in [0.25, 0.3) is 0 Å². The molecular formula is C6H12O13P2. The van der Waals surface area contributed by atoms with Crippen LogP contribution in [0.15, 0.2) is 0 Å². The molecule has 0 aliphatic carbocycles. The Hall–Kier alpha value is -0.720. The quantitative estimate of drug-likeness (QED) is 0.161. The molecule has 1 unspecified atom stereocenters. The van der Waals surface area contributed by atoms with E-state index in [9.17, 15) is 28.9 Å². The number of carboxylic acid groups (broad SMARTS) is 1. The Balaban J connectivity index is 5.01. The molecule has 0 saturated carbocycles. The summed E-state index contributed by atoms with van der Waals surface area (Å²) in [6, 6.07) is 0. The summed E-state index contributed by atoms with van der Waals surface area (Å²) in [6.07, 6.45) is -10.4. The molecule has 5 atom stereocenters. The predicted molar refractivity (Wildman–Crippen MR) is 59.5 cm³/mol. The number of rotatable bonds is 9. The SMILES string of the molecule is O=C[C@H](OP(=O)(O)OP(=O)(O)O)[C@@H](O)[C@H](O)[C@H](O)C(=O)O. The molecule has 0 aromatic heterocycles. The van der Waals surface area contributed by atoms with E-state index in [1.165, 1.54) is 0 Å². The van der Waals surface area contributed by atoms with Gasteiger partial charge in [0.15, 0.2) is 18.5 Å². The molecule has 0 heterocycles. The Labute approximate surface area is 116 Å². The second-order valence-corrected chi connectivity index (χ2v) is 6.29. The van der Waals surface area contributed by atoms with Gasteiger partial charge in [0.05, 0.1) is 0 Å². The molecule has 0 aromatic carbocycles. The van der Waals surface area contributed by atoms with E-state index in [1.807, 2.05) is 0 Å². The summed E-state index contributed by atoms with van der Waals surface area (Å²) in [7, 11) is -11.0. The topological polar surface area (TPSA) is 228 Å². The van der Waals surface area contributed by atoms with Crippen molar-refractivity contribution in [3.63, 3.8) is 0 Å². The molecule has 15 heteroatoms. The lowest BCUT2D eigenvalue weighted by molar-refractivity contribution is -0.163. The van der Waals surface area contributed by atoms with E-state index in [4.69, 9.17) is 24.9 Å². The second-order valence-electron chi connectivity index (χ2n) is 3.51. The zero-order chi connectivity index (χ0) is 17.0. The van der Waals surface area contributed by atoms with E-state index < -0.39 is 46.0 Å². The van der Waals surface area contributed by atoms with Gasteiger partial charge in [-0.25, -0.2) is 13.9 Å². The van der Waals surface area contributed by atoms with Crippen LogP contribution in [-0.2, 0) is 27.6 Å². The second kappa shape index (κ2) is 7.51. The molecule has 0 aliphatic rings. The molecule has 0 amide bonds. The monoisotopic (exact) mass is 354 g/mol. The Kier molecular flexibility index (Phi) is 7.26. The molecule has 21 heavy (non-hydrogen) atoms. The van der Waals surface area contributed by atoms with Crippen molar-refractivity contribution in [3.05, 3.63) is 0 Å². The normalized spacial score (nSPS) is 20.9. The summed E-state index contributed by atoms with van der Waals surface area (Å²) in [6.45, 7) is 0. The van der Waals surface area contributed by atoms with Crippen LogP contribution >= 0.6 is 15.6 Å². The van der Waals surface area contributed by atoms with Crippen LogP contribution in [-0.4, -0.2) is 71.8 Å². The van der Waals surface area contributed by atoms with Gasteiger partial charge in [0.25, 0.3) is 0 Å². The van der Waals surface area contributed by atoms with Gasteiger partial charge in [0, 0.05) is 0 Å². The Morgan fingerprint density at radius 3 is 1.86 bits per heavy atom. The number of aliphatic hydroxyl groups excluding tert-OH is 3. The van der Waals surface area contributed by atoms with E-state index in [1.54, 1.807) is 0 Å². The molecule has 0 fully saturated rings. The van der Waals surface area contributed by atoms with Crippen molar-refractivity contribution in [1.82, 2.24) is 0 Å². The molecule has 0 bridgehead atoms. The Bertz CT molecular complexity index is 469. The number of hydrogen-bond donors (Lipinski definition) is 7. The Morgan fingerprint density at radius 2 is 1.52 bits per heavy atom. The first-order valence-electron chi connectivity index (χ1n) is 4.81. The number of carbonyl (C=O) groups is 2. The maximum Gasteiger partial charge on any atom is 0.481 e. The number of carbonyl (C=O) groups excluding carboxylic acids is 1. The van der Waals surface area contributed by atoms with Gasteiger partial charge in [0.1, 0.15) is 12.2 Å². The van der Waals surface area contributed by atoms with Crippen molar-refractivity contribution >= 4 is 27.9 Å². The third-order valence-electron chi connectivity index (χ3n) is 1.86. The summed E-state index contributed by atoms with van der Waals surface area (Å²) in [4.78, 5) is 46.5. The summed E-state index contributed by atoms with van der Waals surface area (Å²) < 4.78 is 28.7. The molecule has 0 aliphatic heterocycles. The molecule has 0 aromatic rings. The number of aliphatic carboxylic acids is 1. The van der Waals surface area contributed by atoms with Gasteiger partial charge in [-0.1, -0.05) is 0 Å². The fourth-order valence-corrected chi connectivity index (χ4v) is 2.71. The van der Waals surface area contributed by atoms with Crippen LogP contribution in [0.5, 0.6) is 0 Å². The van der Waals surface area contributed by atoms with Crippen LogP contribution < -0.4 is 0 Å². The summed E-state index contributed by atoms with van der Waals surface area (Å²) in [5.41, 5.74) is 0. The van der Waals surface area contributed by atoms with Gasteiger partial charge in [-0.3, -0.25) is 4.52 Å². The zero-order valence-electron chi connectivity index (χ0n) is 9.86. The van der Waals surface area contributed by atoms with Crippen LogP contribution in [0.3, 0.4) is 0 Å². The van der Waals surface area contributed by atoms with Crippen LogP contribution in [0, 0.1) is 0 Å². The van der Waals surface area contributed by atoms with Crippen molar-refractivity contribution in [2.24, 2.45) is 0 Å². The largest absolute Gasteiger partial charge is 0.481 e. The standard InChI is InChI=1S/C6H12O13P2/c7-1-2(3(8)4(9)5(10)6(11)12)18-21(16,17)19-20(13,14)15/h1-5,8-10H,(H,11,12)(H,16,17)(H2,13,14,15)/t2-,3+,4-,5-/m0/s1. The van der Waals surface area contributed by atoms with E-state index in [2.05, 4.69) is 8.83 Å². The predicted octanol–water partition coefficient (Wildman–Crippen LogP) is -3.05. The highest BCUT2D eigenvalue weighted by Crippen LogP contribution is 2.58. The average molecular weight is 354 g/mol. The highest BCUT2D eigenvalue weighted by Gasteiger charge is 2.41. The van der Waals surface area contributed by atoms with Crippen molar-refractivity contribution in [1.29, 1.82) is 0 Å². The number of phosphoric ester groups is 1. The molecule has 124 valence electrons. The molecule has 0 spiro atoms. The van der Waals surface area contributed by atoms with Crippen LogP contribution in [0.4, 0.5) is 0 Å². The summed E-state index contributed by atoms with van der Waals surface area (Å²) in [5, 5.41) is 35.8. The Morgan fingerprint density at radius 1 is 1.05 bits per heavy atom. The van der Waals surface area contributed by atoms with Gasteiger partial charge >= 0.3 is 21.6 Å². The summed E-state index contributed by atoms with van der Waals surface area (Å²) in [5.74, 6) is -1.98. The maximum atomic E-state index is 11.1. The number of carboxylic acids is 1. The maximum absolute atomic E-state index is 11.1. The smallest absolute Gasteiger partial charge is 0.479 e. The van der Waals surface area contributed by atoms with Gasteiger partial charge in [-0.2, -0.15) is 4.31 Å². The highest BCUT2D eigenvalue weighted by atomic mass is 31.3. The third-order valence-corrected chi connectivity index (χ3v) is 4.05. The fourth-order valence-electron chi connectivity index (χ4n) is 1.00. The summed E-state index contributed by atoms with van der Waals surface area (Å²) >= 11 is 0.